The summed E-state index contributed by atoms with van der Waals surface area (Å²) in [6.07, 6.45) is 1.77. The van der Waals surface area contributed by atoms with Crippen LogP contribution in [-0.2, 0) is 4.79 Å². The Morgan fingerprint density at radius 3 is 2.91 bits per heavy atom. The van der Waals surface area contributed by atoms with Gasteiger partial charge in [-0.15, -0.1) is 0 Å². The van der Waals surface area contributed by atoms with Crippen LogP contribution in [0.4, 0.5) is 5.69 Å². The van der Waals surface area contributed by atoms with Crippen LogP contribution in [0.1, 0.15) is 30.4 Å². The van der Waals surface area contributed by atoms with Crippen molar-refractivity contribution in [3.8, 4) is 17.4 Å². The lowest BCUT2D eigenvalue weighted by Gasteiger charge is -2.21. The molecule has 0 amide bonds. The Morgan fingerprint density at radius 2 is 2.17 bits per heavy atom. The molecule has 23 heavy (non-hydrogen) atoms. The quantitative estimate of drug-likeness (QED) is 0.372. The Balaban J connectivity index is 1.96. The van der Waals surface area contributed by atoms with Gasteiger partial charge in [-0.25, -0.2) is 4.98 Å². The molecular weight excluding hydrogens is 300 g/mol. The van der Waals surface area contributed by atoms with Crippen molar-refractivity contribution in [1.29, 1.82) is 0 Å². The molecule has 0 spiro atoms. The maximum atomic E-state index is 11.5. The van der Waals surface area contributed by atoms with Crippen LogP contribution in [0.25, 0.3) is 0 Å². The number of fused-ring (bicyclic) bond motifs is 1. The molecule has 1 aromatic heterocycles. The van der Waals surface area contributed by atoms with E-state index in [9.17, 15) is 14.9 Å². The van der Waals surface area contributed by atoms with Crippen LogP contribution in [-0.4, -0.2) is 15.9 Å². The van der Waals surface area contributed by atoms with E-state index in [1.54, 1.807) is 31.2 Å². The van der Waals surface area contributed by atoms with Crippen molar-refractivity contribution in [3.63, 3.8) is 0 Å². The Hall–Kier alpha value is -2.96. The minimum absolute atomic E-state index is 0.0618. The summed E-state index contributed by atoms with van der Waals surface area (Å²) in [5, 5.41) is 11.2. The Labute approximate surface area is 132 Å². The van der Waals surface area contributed by atoms with E-state index < -0.39 is 4.92 Å². The molecule has 3 rings (SSSR count). The highest BCUT2D eigenvalue weighted by atomic mass is 16.6. The van der Waals surface area contributed by atoms with Gasteiger partial charge in [0.05, 0.1) is 11.3 Å². The Morgan fingerprint density at radius 1 is 1.39 bits per heavy atom. The molecule has 118 valence electrons. The van der Waals surface area contributed by atoms with Gasteiger partial charge < -0.3 is 9.47 Å². The van der Waals surface area contributed by atoms with Gasteiger partial charge in [0.15, 0.2) is 0 Å². The lowest BCUT2D eigenvalue weighted by molar-refractivity contribution is -0.386. The van der Waals surface area contributed by atoms with Crippen molar-refractivity contribution >= 4 is 11.7 Å². The van der Waals surface area contributed by atoms with E-state index in [0.29, 0.717) is 23.5 Å². The standard InChI is InChI=1S/C16H14N2O5/c1-9-5-6-17-16(15(9)18(20)21)22-11-3-4-12-10(2)7-14(19)23-13(12)8-11/h3-6,8,10H,7H2,1-2H3. The first kappa shape index (κ1) is 15.0. The fourth-order valence-corrected chi connectivity index (χ4v) is 2.53. The molecule has 1 unspecified atom stereocenters. The first-order valence-corrected chi connectivity index (χ1v) is 7.08. The fraction of sp³-hybridized carbons (Fsp3) is 0.250. The second kappa shape index (κ2) is 5.68. The van der Waals surface area contributed by atoms with Crippen LogP contribution in [0.15, 0.2) is 30.5 Å². The van der Waals surface area contributed by atoms with Gasteiger partial charge in [-0.1, -0.05) is 13.0 Å². The minimum Gasteiger partial charge on any atom is -0.434 e. The molecule has 0 aliphatic carbocycles. The molecule has 7 nitrogen and oxygen atoms in total. The lowest BCUT2D eigenvalue weighted by Crippen LogP contribution is -2.18. The molecule has 1 aliphatic rings. The topological polar surface area (TPSA) is 91.6 Å². The highest BCUT2D eigenvalue weighted by molar-refractivity contribution is 5.76. The second-order valence-electron chi connectivity index (χ2n) is 5.42. The zero-order chi connectivity index (χ0) is 16.6. The number of hydrogen-bond acceptors (Lipinski definition) is 6. The predicted octanol–water partition coefficient (Wildman–Crippen LogP) is 3.50. The van der Waals surface area contributed by atoms with Crippen molar-refractivity contribution in [2.45, 2.75) is 26.2 Å². The summed E-state index contributed by atoms with van der Waals surface area (Å²) in [5.41, 5.74) is 1.18. The number of aromatic nitrogens is 1. The number of ether oxygens (including phenoxy) is 2. The Bertz CT molecular complexity index is 803. The van der Waals surface area contributed by atoms with Gasteiger partial charge >= 0.3 is 11.7 Å². The number of rotatable bonds is 3. The summed E-state index contributed by atoms with van der Waals surface area (Å²) < 4.78 is 10.8. The van der Waals surface area contributed by atoms with Crippen LogP contribution in [0.5, 0.6) is 17.4 Å². The molecule has 0 N–H and O–H groups in total. The third-order valence-electron chi connectivity index (χ3n) is 3.70. The molecule has 0 fully saturated rings. The van der Waals surface area contributed by atoms with Crippen LogP contribution in [0.3, 0.4) is 0 Å². The maximum absolute atomic E-state index is 11.5. The number of nitro groups is 1. The van der Waals surface area contributed by atoms with Gasteiger partial charge in [-0.05, 0) is 30.5 Å². The van der Waals surface area contributed by atoms with E-state index in [0.717, 1.165) is 5.56 Å². The number of esters is 1. The number of carbonyl (C=O) groups excluding carboxylic acids is 1. The molecule has 0 bridgehead atoms. The molecule has 1 aromatic carbocycles. The van der Waals surface area contributed by atoms with E-state index in [1.165, 1.54) is 6.20 Å². The third kappa shape index (κ3) is 2.85. The Kier molecular flexibility index (Phi) is 3.69. The van der Waals surface area contributed by atoms with Crippen LogP contribution >= 0.6 is 0 Å². The summed E-state index contributed by atoms with van der Waals surface area (Å²) >= 11 is 0. The largest absolute Gasteiger partial charge is 0.434 e. The van der Waals surface area contributed by atoms with Gasteiger partial charge in [0.2, 0.25) is 0 Å². The fourth-order valence-electron chi connectivity index (χ4n) is 2.53. The van der Waals surface area contributed by atoms with E-state index in [4.69, 9.17) is 9.47 Å². The van der Waals surface area contributed by atoms with Crippen LogP contribution < -0.4 is 9.47 Å². The van der Waals surface area contributed by atoms with Gasteiger partial charge in [-0.3, -0.25) is 14.9 Å². The van der Waals surface area contributed by atoms with Crippen molar-refractivity contribution in [2.24, 2.45) is 0 Å². The summed E-state index contributed by atoms with van der Waals surface area (Å²) in [7, 11) is 0. The van der Waals surface area contributed by atoms with Crippen molar-refractivity contribution in [3.05, 3.63) is 51.7 Å². The third-order valence-corrected chi connectivity index (χ3v) is 3.70. The first-order chi connectivity index (χ1) is 11.0. The average molecular weight is 314 g/mol. The highest BCUT2D eigenvalue weighted by Crippen LogP contribution is 2.38. The molecule has 2 aromatic rings. The summed E-state index contributed by atoms with van der Waals surface area (Å²) in [5.74, 6) is 0.409. The zero-order valence-electron chi connectivity index (χ0n) is 12.6. The smallest absolute Gasteiger partial charge is 0.334 e. The normalized spacial score (nSPS) is 16.4. The lowest BCUT2D eigenvalue weighted by atomic mass is 9.95. The van der Waals surface area contributed by atoms with Gasteiger partial charge in [0.25, 0.3) is 5.88 Å². The molecule has 0 radical (unpaired) electrons. The maximum Gasteiger partial charge on any atom is 0.334 e. The van der Waals surface area contributed by atoms with Crippen molar-refractivity contribution in [2.75, 3.05) is 0 Å². The van der Waals surface area contributed by atoms with Crippen LogP contribution in [0, 0.1) is 17.0 Å². The monoisotopic (exact) mass is 314 g/mol. The summed E-state index contributed by atoms with van der Waals surface area (Å²) in [4.78, 5) is 26.1. The minimum atomic E-state index is -0.530. The first-order valence-electron chi connectivity index (χ1n) is 7.08. The molecule has 1 aliphatic heterocycles. The zero-order valence-corrected chi connectivity index (χ0v) is 12.6. The molecular formula is C16H14N2O5. The number of carbonyl (C=O) groups is 1. The molecule has 7 heteroatoms. The number of nitrogens with zero attached hydrogens (tertiary/aromatic N) is 2. The van der Waals surface area contributed by atoms with E-state index in [1.807, 2.05) is 6.92 Å². The summed E-state index contributed by atoms with van der Waals surface area (Å²) in [6.45, 7) is 3.55. The average Bonchev–Trinajstić information content (AvgIpc) is 2.46. The molecule has 1 atom stereocenters. The highest BCUT2D eigenvalue weighted by Gasteiger charge is 2.25. The van der Waals surface area contributed by atoms with E-state index >= 15 is 0 Å². The summed E-state index contributed by atoms with van der Waals surface area (Å²) in [6, 6.07) is 6.57. The van der Waals surface area contributed by atoms with Crippen LogP contribution in [0.2, 0.25) is 0 Å². The van der Waals surface area contributed by atoms with Crippen molar-refractivity contribution in [1.82, 2.24) is 4.98 Å². The molecule has 0 saturated carbocycles. The predicted molar refractivity (Wildman–Crippen MR) is 80.8 cm³/mol. The van der Waals surface area contributed by atoms with E-state index in [2.05, 4.69) is 4.98 Å². The number of aryl methyl sites for hydroxylation is 1. The number of benzene rings is 1. The van der Waals surface area contributed by atoms with Gasteiger partial charge in [-0.2, -0.15) is 0 Å². The molecule has 0 saturated heterocycles. The van der Waals surface area contributed by atoms with Crippen molar-refractivity contribution < 1.29 is 19.2 Å². The van der Waals surface area contributed by atoms with E-state index in [-0.39, 0.29) is 23.5 Å². The van der Waals surface area contributed by atoms with Gasteiger partial charge in [0, 0.05) is 17.8 Å². The molecule has 2 heterocycles. The SMILES string of the molecule is Cc1ccnc(Oc2ccc3c(c2)OC(=O)CC3C)c1[N+](=O)[O-]. The number of pyridine rings is 1. The van der Waals surface area contributed by atoms with Gasteiger partial charge in [0.1, 0.15) is 11.5 Å². The number of hydrogen-bond donors (Lipinski definition) is 0. The second-order valence-corrected chi connectivity index (χ2v) is 5.42.